The molecule has 2 aromatic rings. The number of aromatic carboxylic acids is 1. The second-order valence-electron chi connectivity index (χ2n) is 2.79. The number of carbonyl (C=O) groups is 1. The fourth-order valence-electron chi connectivity index (χ4n) is 1.12. The van der Waals surface area contributed by atoms with Crippen molar-refractivity contribution in [3.05, 3.63) is 36.3 Å². The van der Waals surface area contributed by atoms with Crippen LogP contribution in [0.25, 0.3) is 0 Å². The Labute approximate surface area is 85.0 Å². The fourth-order valence-corrected chi connectivity index (χ4v) is 1.12. The molecule has 6 heteroatoms. The molecule has 0 unspecified atom stereocenters. The molecule has 2 aromatic heterocycles. The van der Waals surface area contributed by atoms with Gasteiger partial charge in [-0.2, -0.15) is 5.10 Å². The van der Waals surface area contributed by atoms with Crippen molar-refractivity contribution < 1.29 is 9.90 Å². The lowest BCUT2D eigenvalue weighted by Gasteiger charge is -2.01. The summed E-state index contributed by atoms with van der Waals surface area (Å²) in [5.41, 5.74) is 0.335. The first kappa shape index (κ1) is 9.20. The summed E-state index contributed by atoms with van der Waals surface area (Å²) in [5, 5.41) is 17.7. The van der Waals surface area contributed by atoms with Gasteiger partial charge in [-0.1, -0.05) is 6.07 Å². The maximum atomic E-state index is 10.7. The van der Waals surface area contributed by atoms with E-state index in [1.54, 1.807) is 24.4 Å². The van der Waals surface area contributed by atoms with Gasteiger partial charge in [0.15, 0.2) is 5.69 Å². The van der Waals surface area contributed by atoms with Crippen LogP contribution >= 0.6 is 0 Å². The number of H-pyrrole nitrogens is 1. The number of hydrogen-bond donors (Lipinski definition) is 3. The standard InChI is InChI=1S/C9H8N4O2/c14-9(15)8-6(5-11-13-8)12-7-3-1-2-4-10-7/h1-5H,(H,10,12)(H,11,13)(H,14,15). The van der Waals surface area contributed by atoms with Gasteiger partial charge in [0.1, 0.15) is 5.82 Å². The van der Waals surface area contributed by atoms with E-state index in [-0.39, 0.29) is 5.69 Å². The normalized spacial score (nSPS) is 9.87. The number of anilines is 2. The Morgan fingerprint density at radius 1 is 1.47 bits per heavy atom. The molecule has 2 rings (SSSR count). The van der Waals surface area contributed by atoms with E-state index in [1.807, 2.05) is 0 Å². The second-order valence-corrected chi connectivity index (χ2v) is 2.79. The Balaban J connectivity index is 2.25. The molecule has 0 spiro atoms. The van der Waals surface area contributed by atoms with Crippen LogP contribution in [0.2, 0.25) is 0 Å². The second kappa shape index (κ2) is 3.79. The van der Waals surface area contributed by atoms with Crippen LogP contribution in [0.15, 0.2) is 30.6 Å². The van der Waals surface area contributed by atoms with E-state index in [2.05, 4.69) is 20.5 Å². The molecular formula is C9H8N4O2. The van der Waals surface area contributed by atoms with E-state index >= 15 is 0 Å². The summed E-state index contributed by atoms with van der Waals surface area (Å²) >= 11 is 0. The third kappa shape index (κ3) is 1.93. The van der Waals surface area contributed by atoms with E-state index in [4.69, 9.17) is 5.11 Å². The van der Waals surface area contributed by atoms with E-state index in [0.29, 0.717) is 11.5 Å². The van der Waals surface area contributed by atoms with Crippen molar-refractivity contribution in [1.82, 2.24) is 15.2 Å². The first-order valence-electron chi connectivity index (χ1n) is 4.22. The van der Waals surface area contributed by atoms with Crippen LogP contribution in [-0.2, 0) is 0 Å². The highest BCUT2D eigenvalue weighted by molar-refractivity contribution is 5.92. The molecule has 0 saturated carbocycles. The Morgan fingerprint density at radius 2 is 2.33 bits per heavy atom. The average Bonchev–Trinajstić information content (AvgIpc) is 2.67. The van der Waals surface area contributed by atoms with Crippen molar-refractivity contribution in [3.8, 4) is 0 Å². The maximum Gasteiger partial charge on any atom is 0.358 e. The molecule has 2 heterocycles. The van der Waals surface area contributed by atoms with Crippen molar-refractivity contribution in [3.63, 3.8) is 0 Å². The minimum atomic E-state index is -1.09. The van der Waals surface area contributed by atoms with E-state index in [1.165, 1.54) is 6.20 Å². The minimum Gasteiger partial charge on any atom is -0.476 e. The van der Waals surface area contributed by atoms with Gasteiger partial charge in [-0.05, 0) is 12.1 Å². The predicted octanol–water partition coefficient (Wildman–Crippen LogP) is 1.25. The molecule has 6 nitrogen and oxygen atoms in total. The summed E-state index contributed by atoms with van der Waals surface area (Å²) < 4.78 is 0. The van der Waals surface area contributed by atoms with Crippen LogP contribution in [0.3, 0.4) is 0 Å². The molecule has 0 atom stereocenters. The zero-order valence-corrected chi connectivity index (χ0v) is 7.64. The van der Waals surface area contributed by atoms with Gasteiger partial charge in [0.05, 0.1) is 5.69 Å². The van der Waals surface area contributed by atoms with Crippen LogP contribution in [-0.4, -0.2) is 26.3 Å². The maximum absolute atomic E-state index is 10.7. The third-order valence-corrected chi connectivity index (χ3v) is 1.77. The van der Waals surface area contributed by atoms with Gasteiger partial charge in [-0.3, -0.25) is 5.10 Å². The summed E-state index contributed by atoms with van der Waals surface area (Å²) in [4.78, 5) is 14.7. The van der Waals surface area contributed by atoms with Gasteiger partial charge in [0, 0.05) is 12.4 Å². The van der Waals surface area contributed by atoms with Crippen LogP contribution < -0.4 is 5.32 Å². The number of nitrogens with zero attached hydrogens (tertiary/aromatic N) is 2. The summed E-state index contributed by atoms with van der Waals surface area (Å²) in [6.07, 6.45) is 3.08. The number of carboxylic acids is 1. The van der Waals surface area contributed by atoms with Crippen LogP contribution in [0, 0.1) is 0 Å². The average molecular weight is 204 g/mol. The highest BCUT2D eigenvalue weighted by Gasteiger charge is 2.12. The van der Waals surface area contributed by atoms with Gasteiger partial charge in [0.25, 0.3) is 0 Å². The molecule has 0 amide bonds. The van der Waals surface area contributed by atoms with Gasteiger partial charge in [-0.25, -0.2) is 9.78 Å². The minimum absolute atomic E-state index is 0.0550. The topological polar surface area (TPSA) is 90.9 Å². The molecular weight excluding hydrogens is 196 g/mol. The number of nitrogens with one attached hydrogen (secondary N) is 2. The first-order valence-corrected chi connectivity index (χ1v) is 4.22. The molecule has 0 fully saturated rings. The number of hydrogen-bond acceptors (Lipinski definition) is 4. The van der Waals surface area contributed by atoms with Crippen molar-refractivity contribution in [2.45, 2.75) is 0 Å². The lowest BCUT2D eigenvalue weighted by molar-refractivity contribution is 0.0691. The highest BCUT2D eigenvalue weighted by Crippen LogP contribution is 2.16. The Bertz CT molecular complexity index is 466. The molecule has 76 valence electrons. The number of rotatable bonds is 3. The van der Waals surface area contributed by atoms with Gasteiger partial charge in [-0.15, -0.1) is 0 Å². The van der Waals surface area contributed by atoms with E-state index in [9.17, 15) is 4.79 Å². The molecule has 0 radical (unpaired) electrons. The zero-order valence-electron chi connectivity index (χ0n) is 7.64. The smallest absolute Gasteiger partial charge is 0.358 e. The molecule has 15 heavy (non-hydrogen) atoms. The molecule has 0 aliphatic carbocycles. The number of pyridine rings is 1. The van der Waals surface area contributed by atoms with Crippen LogP contribution in [0.1, 0.15) is 10.5 Å². The van der Waals surface area contributed by atoms with Crippen molar-refractivity contribution in [2.75, 3.05) is 5.32 Å². The summed E-state index contributed by atoms with van der Waals surface area (Å²) in [6.45, 7) is 0. The van der Waals surface area contributed by atoms with Crippen molar-refractivity contribution in [1.29, 1.82) is 0 Å². The number of aromatic amines is 1. The van der Waals surface area contributed by atoms with Crippen LogP contribution in [0.4, 0.5) is 11.5 Å². The first-order chi connectivity index (χ1) is 7.27. The SMILES string of the molecule is O=C(O)c1n[nH]cc1Nc1ccccn1. The molecule has 0 aliphatic heterocycles. The fraction of sp³-hybridized carbons (Fsp3) is 0. The van der Waals surface area contributed by atoms with E-state index in [0.717, 1.165) is 0 Å². The largest absolute Gasteiger partial charge is 0.476 e. The lowest BCUT2D eigenvalue weighted by atomic mass is 10.3. The molecule has 0 saturated heterocycles. The number of aromatic nitrogens is 3. The molecule has 0 aliphatic rings. The van der Waals surface area contributed by atoms with Crippen molar-refractivity contribution >= 4 is 17.5 Å². The van der Waals surface area contributed by atoms with Crippen LogP contribution in [0.5, 0.6) is 0 Å². The van der Waals surface area contributed by atoms with Crippen molar-refractivity contribution in [2.24, 2.45) is 0 Å². The Kier molecular flexibility index (Phi) is 2.32. The summed E-state index contributed by atoms with van der Waals surface area (Å²) in [6, 6.07) is 5.31. The molecule has 3 N–H and O–H groups in total. The van der Waals surface area contributed by atoms with Gasteiger partial charge < -0.3 is 10.4 Å². The van der Waals surface area contributed by atoms with E-state index < -0.39 is 5.97 Å². The Morgan fingerprint density at radius 3 is 3.00 bits per heavy atom. The Hall–Kier alpha value is -2.37. The zero-order chi connectivity index (χ0) is 10.7. The molecule has 0 aromatic carbocycles. The number of carboxylic acid groups (broad SMARTS) is 1. The van der Waals surface area contributed by atoms with Gasteiger partial charge >= 0.3 is 5.97 Å². The summed E-state index contributed by atoms with van der Waals surface area (Å²) in [5.74, 6) is -0.518. The van der Waals surface area contributed by atoms with Gasteiger partial charge in [0.2, 0.25) is 0 Å². The molecule has 0 bridgehead atoms. The predicted molar refractivity (Wildman–Crippen MR) is 53.1 cm³/mol. The summed E-state index contributed by atoms with van der Waals surface area (Å²) in [7, 11) is 0. The third-order valence-electron chi connectivity index (χ3n) is 1.77. The highest BCUT2D eigenvalue weighted by atomic mass is 16.4. The lowest BCUT2D eigenvalue weighted by Crippen LogP contribution is -2.02. The quantitative estimate of drug-likeness (QED) is 0.699. The monoisotopic (exact) mass is 204 g/mol.